The summed E-state index contributed by atoms with van der Waals surface area (Å²) in [6.45, 7) is 6.01. The summed E-state index contributed by atoms with van der Waals surface area (Å²) < 4.78 is 26.2. The zero-order chi connectivity index (χ0) is 19.6. The predicted molar refractivity (Wildman–Crippen MR) is 100 cm³/mol. The van der Waals surface area contributed by atoms with Crippen LogP contribution in [-0.4, -0.2) is 15.9 Å². The molecule has 3 aromatic rings. The van der Waals surface area contributed by atoms with E-state index in [-0.39, 0.29) is 11.3 Å². The van der Waals surface area contributed by atoms with Crippen molar-refractivity contribution in [2.45, 2.75) is 20.8 Å². The van der Waals surface area contributed by atoms with Crippen LogP contribution in [0.1, 0.15) is 27.0 Å². The maximum Gasteiger partial charge on any atom is 0.258 e. The molecular weight excluding hydrogens is 350 g/mol. The lowest BCUT2D eigenvalue weighted by Gasteiger charge is -2.12. The van der Waals surface area contributed by atoms with Crippen molar-refractivity contribution in [3.8, 4) is 0 Å². The van der Waals surface area contributed by atoms with Crippen LogP contribution in [0.4, 0.5) is 26.1 Å². The highest BCUT2D eigenvalue weighted by molar-refractivity contribution is 6.03. The minimum atomic E-state index is -1.03. The first-order chi connectivity index (χ1) is 12.8. The first-order valence-corrected chi connectivity index (χ1v) is 8.27. The van der Waals surface area contributed by atoms with Gasteiger partial charge in [0.15, 0.2) is 11.6 Å². The molecule has 7 heteroatoms. The fraction of sp³-hybridized carbons (Fsp3) is 0.150. The zero-order valence-corrected chi connectivity index (χ0v) is 15.1. The van der Waals surface area contributed by atoms with Gasteiger partial charge in [0.05, 0.1) is 5.56 Å². The maximum absolute atomic E-state index is 13.2. The smallest absolute Gasteiger partial charge is 0.258 e. The molecule has 0 aliphatic carbocycles. The van der Waals surface area contributed by atoms with E-state index in [0.29, 0.717) is 5.95 Å². The van der Waals surface area contributed by atoms with Crippen molar-refractivity contribution >= 4 is 23.2 Å². The van der Waals surface area contributed by atoms with Crippen LogP contribution >= 0.6 is 0 Å². The van der Waals surface area contributed by atoms with Gasteiger partial charge < -0.3 is 10.6 Å². The van der Waals surface area contributed by atoms with E-state index in [0.717, 1.165) is 28.9 Å². The molecule has 2 aromatic carbocycles. The van der Waals surface area contributed by atoms with Crippen LogP contribution < -0.4 is 10.6 Å². The number of carbonyl (C=O) groups excluding carboxylic acids is 1. The highest BCUT2D eigenvalue weighted by Crippen LogP contribution is 2.24. The van der Waals surface area contributed by atoms with Gasteiger partial charge in [-0.1, -0.05) is 17.7 Å². The normalized spacial score (nSPS) is 10.6. The molecule has 0 unspecified atom stereocenters. The van der Waals surface area contributed by atoms with Crippen LogP contribution in [0.25, 0.3) is 0 Å². The Kier molecular flexibility index (Phi) is 5.12. The molecule has 0 atom stereocenters. The van der Waals surface area contributed by atoms with Gasteiger partial charge in [-0.15, -0.1) is 0 Å². The summed E-state index contributed by atoms with van der Waals surface area (Å²) in [7, 11) is 0. The molecule has 0 spiro atoms. The van der Waals surface area contributed by atoms with E-state index in [4.69, 9.17) is 0 Å². The van der Waals surface area contributed by atoms with E-state index in [2.05, 4.69) is 32.7 Å². The Morgan fingerprint density at radius 3 is 2.15 bits per heavy atom. The zero-order valence-electron chi connectivity index (χ0n) is 15.1. The van der Waals surface area contributed by atoms with Crippen LogP contribution in [0.15, 0.2) is 42.7 Å². The molecule has 3 rings (SSSR count). The highest BCUT2D eigenvalue weighted by Gasteiger charge is 2.11. The number of rotatable bonds is 4. The Hall–Kier alpha value is -3.35. The van der Waals surface area contributed by atoms with Crippen molar-refractivity contribution in [1.82, 2.24) is 9.97 Å². The summed E-state index contributed by atoms with van der Waals surface area (Å²) in [5.41, 5.74) is 4.56. The molecule has 0 aliphatic rings. The summed E-state index contributed by atoms with van der Waals surface area (Å²) in [6.07, 6.45) is 2.73. The first kappa shape index (κ1) is 18.4. The van der Waals surface area contributed by atoms with Crippen molar-refractivity contribution in [3.63, 3.8) is 0 Å². The molecule has 1 heterocycles. The van der Waals surface area contributed by atoms with E-state index >= 15 is 0 Å². The predicted octanol–water partition coefficient (Wildman–Crippen LogP) is 4.68. The van der Waals surface area contributed by atoms with E-state index in [1.165, 1.54) is 24.0 Å². The Morgan fingerprint density at radius 1 is 0.926 bits per heavy atom. The Bertz CT molecular complexity index is 980. The second-order valence-electron chi connectivity index (χ2n) is 6.28. The minimum Gasteiger partial charge on any atom is -0.324 e. The van der Waals surface area contributed by atoms with Crippen LogP contribution in [-0.2, 0) is 0 Å². The molecule has 5 nitrogen and oxygen atoms in total. The third kappa shape index (κ3) is 4.25. The molecule has 2 N–H and O–H groups in total. The van der Waals surface area contributed by atoms with Crippen molar-refractivity contribution in [2.24, 2.45) is 0 Å². The van der Waals surface area contributed by atoms with Crippen LogP contribution in [0.5, 0.6) is 0 Å². The Balaban J connectivity index is 1.73. The van der Waals surface area contributed by atoms with Crippen molar-refractivity contribution in [1.29, 1.82) is 0 Å². The molecule has 1 amide bonds. The van der Waals surface area contributed by atoms with Crippen LogP contribution in [0.2, 0.25) is 0 Å². The minimum absolute atomic E-state index is 0.145. The molecule has 0 radical (unpaired) electrons. The lowest BCUT2D eigenvalue weighted by atomic mass is 10.1. The summed E-state index contributed by atoms with van der Waals surface area (Å²) in [5.74, 6) is -2.18. The maximum atomic E-state index is 13.2. The lowest BCUT2D eigenvalue weighted by molar-refractivity contribution is 0.102. The quantitative estimate of drug-likeness (QED) is 0.702. The second kappa shape index (κ2) is 7.49. The molecule has 1 aromatic heterocycles. The summed E-state index contributed by atoms with van der Waals surface area (Å²) in [5, 5.41) is 5.63. The number of hydrogen-bond donors (Lipinski definition) is 2. The van der Waals surface area contributed by atoms with Gasteiger partial charge in [0.1, 0.15) is 0 Å². The number of aromatic nitrogens is 2. The van der Waals surface area contributed by atoms with Crippen molar-refractivity contribution in [2.75, 3.05) is 10.6 Å². The largest absolute Gasteiger partial charge is 0.324 e. The van der Waals surface area contributed by atoms with Crippen LogP contribution in [0.3, 0.4) is 0 Å². The number of amides is 1. The van der Waals surface area contributed by atoms with E-state index in [1.807, 2.05) is 20.8 Å². The number of carbonyl (C=O) groups is 1. The van der Waals surface area contributed by atoms with Gasteiger partial charge in [0, 0.05) is 29.8 Å². The number of nitrogens with one attached hydrogen (secondary N) is 2. The van der Waals surface area contributed by atoms with Gasteiger partial charge in [0.2, 0.25) is 5.95 Å². The van der Waals surface area contributed by atoms with Crippen LogP contribution in [0, 0.1) is 32.4 Å². The van der Waals surface area contributed by atoms with Gasteiger partial charge in [-0.3, -0.25) is 4.79 Å². The average Bonchev–Trinajstić information content (AvgIpc) is 2.61. The van der Waals surface area contributed by atoms with Gasteiger partial charge >= 0.3 is 0 Å². The molecule has 0 aliphatic heterocycles. The molecule has 0 saturated carbocycles. The van der Waals surface area contributed by atoms with Gasteiger partial charge in [0.25, 0.3) is 5.91 Å². The van der Waals surface area contributed by atoms with E-state index in [9.17, 15) is 13.6 Å². The topological polar surface area (TPSA) is 66.9 Å². The van der Waals surface area contributed by atoms with Gasteiger partial charge in [-0.2, -0.15) is 0 Å². The molecule has 27 heavy (non-hydrogen) atoms. The number of nitrogens with zero attached hydrogens (tertiary/aromatic N) is 2. The van der Waals surface area contributed by atoms with Gasteiger partial charge in [-0.25, -0.2) is 18.7 Å². The summed E-state index contributed by atoms with van der Waals surface area (Å²) in [4.78, 5) is 20.5. The number of hydrogen-bond acceptors (Lipinski definition) is 4. The number of halogens is 2. The second-order valence-corrected chi connectivity index (χ2v) is 6.28. The standard InChI is InChI=1S/C20H18F2N4O/c1-11-6-12(2)18(13(3)7-11)26-20-23-9-14(10-24-20)19(27)25-15-4-5-16(21)17(22)8-15/h4-10H,1-3H3,(H,25,27)(H,23,24,26). The molecule has 0 fully saturated rings. The van der Waals surface area contributed by atoms with E-state index < -0.39 is 17.5 Å². The third-order valence-corrected chi connectivity index (χ3v) is 4.01. The Morgan fingerprint density at radius 2 is 1.56 bits per heavy atom. The SMILES string of the molecule is Cc1cc(C)c(Nc2ncc(C(=O)Nc3ccc(F)c(F)c3)cn2)c(C)c1. The summed E-state index contributed by atoms with van der Waals surface area (Å²) >= 11 is 0. The number of anilines is 3. The molecule has 138 valence electrons. The average molecular weight is 368 g/mol. The monoisotopic (exact) mass is 368 g/mol. The van der Waals surface area contributed by atoms with Crippen molar-refractivity contribution in [3.05, 3.63) is 76.6 Å². The van der Waals surface area contributed by atoms with E-state index in [1.54, 1.807) is 0 Å². The lowest BCUT2D eigenvalue weighted by Crippen LogP contribution is -2.13. The van der Waals surface area contributed by atoms with Crippen molar-refractivity contribution < 1.29 is 13.6 Å². The molecule has 0 saturated heterocycles. The molecular formula is C20H18F2N4O. The third-order valence-electron chi connectivity index (χ3n) is 4.01. The fourth-order valence-corrected chi connectivity index (χ4v) is 2.78. The highest BCUT2D eigenvalue weighted by atomic mass is 19.2. The first-order valence-electron chi connectivity index (χ1n) is 8.27. The number of benzene rings is 2. The molecule has 0 bridgehead atoms. The Labute approximate surface area is 155 Å². The van der Waals surface area contributed by atoms with Gasteiger partial charge in [-0.05, 0) is 44.0 Å². The number of aryl methyl sites for hydroxylation is 3. The fourth-order valence-electron chi connectivity index (χ4n) is 2.78. The summed E-state index contributed by atoms with van der Waals surface area (Å²) in [6, 6.07) is 7.24.